The van der Waals surface area contributed by atoms with Crippen molar-refractivity contribution in [1.82, 2.24) is 22.9 Å². The fourth-order valence-corrected chi connectivity index (χ4v) is 2.59. The van der Waals surface area contributed by atoms with E-state index in [-0.39, 0.29) is 69.0 Å². The molecule has 0 aliphatic rings. The van der Waals surface area contributed by atoms with Gasteiger partial charge in [-0.05, 0) is 33.1 Å². The maximum atomic E-state index is 10.2. The summed E-state index contributed by atoms with van der Waals surface area (Å²) in [5.41, 5.74) is 4.60. The van der Waals surface area contributed by atoms with E-state index in [9.17, 15) is 19.8 Å². The molecule has 202 valence electrons. The molecule has 35 heavy (non-hydrogen) atoms. The Labute approximate surface area is 236 Å². The van der Waals surface area contributed by atoms with Gasteiger partial charge in [0.05, 0.1) is 0 Å². The fraction of sp³-hybridized carbons (Fsp3) is 0.417. The van der Waals surface area contributed by atoms with Crippen molar-refractivity contribution < 1.29 is 65.7 Å². The molecule has 0 saturated heterocycles. The molecule has 0 radical (unpaired) electrons. The van der Waals surface area contributed by atoms with Gasteiger partial charge in [-0.25, -0.2) is 0 Å². The first-order valence-electron chi connectivity index (χ1n) is 9.87. The SMILES string of the molecule is CC(C)(C)c1ccc(CNC(=O)[O-])cc1.CC(C)(C)c1ccc(CNC(=O)[O-])cc1.N.N.[Cl-].[Cl-].[Pt+4]. The summed E-state index contributed by atoms with van der Waals surface area (Å²) in [6, 6.07) is 15.8. The molecule has 0 unspecified atom stereocenters. The van der Waals surface area contributed by atoms with Gasteiger partial charge in [-0.15, -0.1) is 0 Å². The average molecular weight is 713 g/mol. The zero-order chi connectivity index (χ0) is 22.9. The van der Waals surface area contributed by atoms with E-state index >= 15 is 0 Å². The Morgan fingerprint density at radius 3 is 1.03 bits per heavy atom. The number of amides is 2. The molecule has 0 heterocycles. The van der Waals surface area contributed by atoms with Crippen molar-refractivity contribution in [3.63, 3.8) is 0 Å². The summed E-state index contributed by atoms with van der Waals surface area (Å²) in [5.74, 6) is 0. The van der Waals surface area contributed by atoms with Crippen LogP contribution in [0.4, 0.5) is 9.59 Å². The summed E-state index contributed by atoms with van der Waals surface area (Å²) in [4.78, 5) is 20.4. The van der Waals surface area contributed by atoms with Crippen LogP contribution >= 0.6 is 0 Å². The predicted molar refractivity (Wildman–Crippen MR) is 125 cm³/mol. The molecular weight excluding hydrogens is 674 g/mol. The Morgan fingerprint density at radius 2 is 0.857 bits per heavy atom. The van der Waals surface area contributed by atoms with E-state index < -0.39 is 12.2 Å². The van der Waals surface area contributed by atoms with Crippen molar-refractivity contribution in [2.45, 2.75) is 65.5 Å². The number of carbonyl (C=O) groups is 2. The summed E-state index contributed by atoms with van der Waals surface area (Å²) >= 11 is 0. The molecule has 2 rings (SSSR count). The molecule has 0 fully saturated rings. The van der Waals surface area contributed by atoms with Gasteiger partial charge in [0.1, 0.15) is 12.2 Å². The van der Waals surface area contributed by atoms with E-state index in [2.05, 4.69) is 52.2 Å². The molecule has 2 aromatic rings. The topological polar surface area (TPSA) is 174 Å². The Hall–Kier alpha value is -1.83. The van der Waals surface area contributed by atoms with Crippen LogP contribution in [0.3, 0.4) is 0 Å². The van der Waals surface area contributed by atoms with Crippen LogP contribution in [0.15, 0.2) is 48.5 Å². The monoisotopic (exact) mass is 711 g/mol. The number of benzene rings is 2. The molecule has 0 saturated carbocycles. The molecule has 2 amide bonds. The second-order valence-electron chi connectivity index (χ2n) is 9.18. The third kappa shape index (κ3) is 18.1. The van der Waals surface area contributed by atoms with Crippen LogP contribution in [0.1, 0.15) is 63.8 Å². The van der Waals surface area contributed by atoms with Crippen molar-refractivity contribution in [3.05, 3.63) is 70.8 Å². The number of nitrogens with one attached hydrogen (secondary N) is 2. The molecule has 0 atom stereocenters. The van der Waals surface area contributed by atoms with Gasteiger partial charge in [-0.2, -0.15) is 0 Å². The molecule has 2 aromatic carbocycles. The molecule has 0 spiro atoms. The first kappa shape index (κ1) is 43.3. The average Bonchev–Trinajstić information content (AvgIpc) is 2.64. The van der Waals surface area contributed by atoms with Gasteiger partial charge < -0.3 is 67.6 Å². The maximum Gasteiger partial charge on any atom is 4.00 e. The van der Waals surface area contributed by atoms with E-state index in [1.54, 1.807) is 0 Å². The third-order valence-electron chi connectivity index (χ3n) is 4.51. The van der Waals surface area contributed by atoms with Gasteiger partial charge in [0, 0.05) is 13.1 Å². The molecule has 8 nitrogen and oxygen atoms in total. The van der Waals surface area contributed by atoms with E-state index in [4.69, 9.17) is 0 Å². The first-order valence-corrected chi connectivity index (χ1v) is 9.87. The number of hydrogen-bond donors (Lipinski definition) is 4. The van der Waals surface area contributed by atoms with Crippen molar-refractivity contribution in [2.75, 3.05) is 0 Å². The van der Waals surface area contributed by atoms with Crippen LogP contribution in [-0.4, -0.2) is 12.2 Å². The van der Waals surface area contributed by atoms with Gasteiger partial charge in [0.15, 0.2) is 0 Å². The van der Waals surface area contributed by atoms with E-state index in [1.807, 2.05) is 48.5 Å². The van der Waals surface area contributed by atoms with Crippen molar-refractivity contribution in [2.24, 2.45) is 0 Å². The largest absolute Gasteiger partial charge is 4.00 e. The van der Waals surface area contributed by atoms with E-state index in [0.717, 1.165) is 11.1 Å². The van der Waals surface area contributed by atoms with E-state index in [1.165, 1.54) is 11.1 Å². The number of carbonyl (C=O) groups excluding carboxylic acids is 2. The molecule has 0 aliphatic carbocycles. The van der Waals surface area contributed by atoms with Crippen LogP contribution in [0.25, 0.3) is 0 Å². The van der Waals surface area contributed by atoms with Gasteiger partial charge >= 0.3 is 21.1 Å². The Balaban J connectivity index is -0.000000150. The summed E-state index contributed by atoms with van der Waals surface area (Å²) < 4.78 is 0. The fourth-order valence-electron chi connectivity index (χ4n) is 2.59. The summed E-state index contributed by atoms with van der Waals surface area (Å²) in [7, 11) is 0. The van der Waals surface area contributed by atoms with Gasteiger partial charge in [-0.1, -0.05) is 90.1 Å². The Kier molecular flexibility index (Phi) is 23.9. The summed E-state index contributed by atoms with van der Waals surface area (Å²) in [5, 5.41) is 24.8. The van der Waals surface area contributed by atoms with Crippen LogP contribution in [0, 0.1) is 0 Å². The number of rotatable bonds is 4. The number of carboxylic acid groups (broad SMARTS) is 2. The molecular formula is C24H38Cl2N4O4Pt. The number of hydrogen-bond acceptors (Lipinski definition) is 6. The second kappa shape index (κ2) is 19.4. The smallest absolute Gasteiger partial charge is 1.00 e. The van der Waals surface area contributed by atoms with Gasteiger partial charge in [0.25, 0.3) is 0 Å². The van der Waals surface area contributed by atoms with Crippen LogP contribution < -0.4 is 58.0 Å². The summed E-state index contributed by atoms with van der Waals surface area (Å²) in [6.45, 7) is 13.4. The minimum absolute atomic E-state index is 0. The quantitative estimate of drug-likeness (QED) is 0.266. The molecule has 0 aromatic heterocycles. The van der Waals surface area contributed by atoms with E-state index in [0.29, 0.717) is 13.1 Å². The van der Waals surface area contributed by atoms with Gasteiger partial charge in [0.2, 0.25) is 0 Å². The van der Waals surface area contributed by atoms with Crippen molar-refractivity contribution >= 4 is 12.2 Å². The minimum Gasteiger partial charge on any atom is -1.00 e. The van der Waals surface area contributed by atoms with Crippen LogP contribution in [0.5, 0.6) is 0 Å². The van der Waals surface area contributed by atoms with Crippen LogP contribution in [0.2, 0.25) is 0 Å². The third-order valence-corrected chi connectivity index (χ3v) is 4.51. The molecule has 11 heteroatoms. The van der Waals surface area contributed by atoms with Gasteiger partial charge in [-0.3, -0.25) is 0 Å². The van der Waals surface area contributed by atoms with Crippen molar-refractivity contribution in [3.8, 4) is 0 Å². The van der Waals surface area contributed by atoms with Crippen LogP contribution in [-0.2, 0) is 45.0 Å². The summed E-state index contributed by atoms with van der Waals surface area (Å²) in [6.07, 6.45) is -2.48. The minimum atomic E-state index is -1.24. The zero-order valence-electron chi connectivity index (χ0n) is 21.2. The molecule has 0 bridgehead atoms. The molecule has 0 aliphatic heterocycles. The predicted octanol–water partition coefficient (Wildman–Crippen LogP) is -2.84. The standard InChI is InChI=1S/2C12H17NO2.2ClH.2H3N.Pt/c2*1-12(2,3)10-6-4-9(5-7-10)8-13-11(14)15;;;;;/h2*4-7,13H,8H2,1-3H3,(H,14,15);2*1H;2*1H3;/q;;;;;;+4/p-4. The van der Waals surface area contributed by atoms with Crippen molar-refractivity contribution in [1.29, 1.82) is 0 Å². The second-order valence-corrected chi connectivity index (χ2v) is 9.18. The normalized spacial score (nSPS) is 9.54. The first-order chi connectivity index (χ1) is 13.8. The Morgan fingerprint density at radius 1 is 0.629 bits per heavy atom. The number of halogens is 2. The molecule has 8 N–H and O–H groups in total. The maximum absolute atomic E-state index is 10.2. The Bertz CT molecular complexity index is 767. The zero-order valence-corrected chi connectivity index (χ0v) is 24.9.